The van der Waals surface area contributed by atoms with Gasteiger partial charge in [-0.1, -0.05) is 0 Å². The van der Waals surface area contributed by atoms with E-state index in [1.54, 1.807) is 12.1 Å². The summed E-state index contributed by atoms with van der Waals surface area (Å²) in [4.78, 5) is 10.8. The fraction of sp³-hybridized carbons (Fsp3) is 0.250. The fourth-order valence-electron chi connectivity index (χ4n) is 1.89. The Balaban J connectivity index is 2.58. The molecule has 0 aliphatic carbocycles. The Labute approximate surface area is 93.5 Å². The number of hydrogen-bond donors (Lipinski definition) is 2. The highest BCUT2D eigenvalue weighted by Crippen LogP contribution is 2.20. The van der Waals surface area contributed by atoms with Crippen molar-refractivity contribution in [2.24, 2.45) is 7.05 Å². The van der Waals surface area contributed by atoms with Crippen LogP contribution in [-0.4, -0.2) is 22.7 Å². The average Bonchev–Trinajstić information content (AvgIpc) is 2.56. The molecule has 84 valence electrons. The Kier molecular flexibility index (Phi) is 2.66. The van der Waals surface area contributed by atoms with Crippen molar-refractivity contribution >= 4 is 16.9 Å². The molecule has 2 rings (SSSR count). The van der Waals surface area contributed by atoms with Gasteiger partial charge in [0.15, 0.2) is 0 Å². The van der Waals surface area contributed by atoms with Gasteiger partial charge < -0.3 is 15.0 Å². The van der Waals surface area contributed by atoms with Gasteiger partial charge >= 0.3 is 5.97 Å². The number of rotatable bonds is 3. The molecule has 0 bridgehead atoms. The standard InChI is InChI=1S/C12H14N2O2/c1-13-7-10-6-9-5-8(12(15)16)3-4-11(9)14(10)2/h3-6,13H,7H2,1-2H3,(H,15,16). The molecule has 1 aromatic heterocycles. The van der Waals surface area contributed by atoms with Gasteiger partial charge in [0.25, 0.3) is 0 Å². The minimum absolute atomic E-state index is 0.328. The van der Waals surface area contributed by atoms with Crippen LogP contribution < -0.4 is 5.32 Å². The van der Waals surface area contributed by atoms with E-state index in [9.17, 15) is 4.79 Å². The second kappa shape index (κ2) is 3.98. The van der Waals surface area contributed by atoms with Gasteiger partial charge in [-0.25, -0.2) is 4.79 Å². The summed E-state index contributed by atoms with van der Waals surface area (Å²) in [7, 11) is 3.87. The summed E-state index contributed by atoms with van der Waals surface area (Å²) < 4.78 is 2.07. The summed E-state index contributed by atoms with van der Waals surface area (Å²) in [6.45, 7) is 0.771. The van der Waals surface area contributed by atoms with Crippen molar-refractivity contribution in [1.82, 2.24) is 9.88 Å². The Morgan fingerprint density at radius 1 is 1.44 bits per heavy atom. The fourth-order valence-corrected chi connectivity index (χ4v) is 1.89. The smallest absolute Gasteiger partial charge is 0.335 e. The minimum Gasteiger partial charge on any atom is -0.478 e. The number of fused-ring (bicyclic) bond motifs is 1. The van der Waals surface area contributed by atoms with E-state index < -0.39 is 5.97 Å². The van der Waals surface area contributed by atoms with Crippen LogP contribution in [0.1, 0.15) is 16.1 Å². The first-order valence-electron chi connectivity index (χ1n) is 5.09. The van der Waals surface area contributed by atoms with Crippen molar-refractivity contribution in [2.45, 2.75) is 6.54 Å². The molecule has 0 radical (unpaired) electrons. The lowest BCUT2D eigenvalue weighted by Gasteiger charge is -2.02. The van der Waals surface area contributed by atoms with Crippen LogP contribution in [0.15, 0.2) is 24.3 Å². The van der Waals surface area contributed by atoms with Gasteiger partial charge in [0.1, 0.15) is 0 Å². The zero-order valence-electron chi connectivity index (χ0n) is 9.32. The Morgan fingerprint density at radius 3 is 2.81 bits per heavy atom. The number of aromatic nitrogens is 1. The summed E-state index contributed by atoms with van der Waals surface area (Å²) in [5.41, 5.74) is 2.52. The number of carboxylic acids is 1. The summed E-state index contributed by atoms with van der Waals surface area (Å²) in [5, 5.41) is 13.0. The van der Waals surface area contributed by atoms with Gasteiger partial charge in [-0.3, -0.25) is 0 Å². The molecule has 0 aliphatic rings. The quantitative estimate of drug-likeness (QED) is 0.822. The average molecular weight is 218 g/mol. The third-order valence-corrected chi connectivity index (χ3v) is 2.75. The number of aryl methyl sites for hydroxylation is 1. The van der Waals surface area contributed by atoms with Crippen molar-refractivity contribution < 1.29 is 9.90 Å². The number of carboxylic acid groups (broad SMARTS) is 1. The molecule has 0 spiro atoms. The third-order valence-electron chi connectivity index (χ3n) is 2.75. The highest BCUT2D eigenvalue weighted by Gasteiger charge is 2.08. The predicted octanol–water partition coefficient (Wildman–Crippen LogP) is 1.60. The Bertz CT molecular complexity index is 543. The highest BCUT2D eigenvalue weighted by molar-refractivity contribution is 5.93. The van der Waals surface area contributed by atoms with Crippen LogP contribution in [0.4, 0.5) is 0 Å². The highest BCUT2D eigenvalue weighted by atomic mass is 16.4. The van der Waals surface area contributed by atoms with E-state index in [4.69, 9.17) is 5.11 Å². The molecular formula is C12H14N2O2. The van der Waals surface area contributed by atoms with E-state index in [0.717, 1.165) is 23.1 Å². The maximum atomic E-state index is 10.8. The van der Waals surface area contributed by atoms with Crippen LogP contribution in [0, 0.1) is 0 Å². The maximum absolute atomic E-state index is 10.8. The number of carbonyl (C=O) groups is 1. The van der Waals surface area contributed by atoms with Crippen molar-refractivity contribution in [3.05, 3.63) is 35.5 Å². The molecule has 1 heterocycles. The van der Waals surface area contributed by atoms with Gasteiger partial charge in [-0.05, 0) is 31.3 Å². The molecular weight excluding hydrogens is 204 g/mol. The molecule has 2 aromatic rings. The second-order valence-electron chi connectivity index (χ2n) is 3.80. The van der Waals surface area contributed by atoms with Crippen LogP contribution in [0.25, 0.3) is 10.9 Å². The predicted molar refractivity (Wildman–Crippen MR) is 62.6 cm³/mol. The van der Waals surface area contributed by atoms with Crippen molar-refractivity contribution in [1.29, 1.82) is 0 Å². The first-order valence-corrected chi connectivity index (χ1v) is 5.09. The molecule has 4 nitrogen and oxygen atoms in total. The van der Waals surface area contributed by atoms with E-state index in [2.05, 4.69) is 9.88 Å². The molecule has 4 heteroatoms. The second-order valence-corrected chi connectivity index (χ2v) is 3.80. The molecule has 1 aromatic carbocycles. The lowest BCUT2D eigenvalue weighted by molar-refractivity contribution is 0.0697. The van der Waals surface area contributed by atoms with E-state index in [1.807, 2.05) is 26.2 Å². The molecule has 0 saturated heterocycles. The third kappa shape index (κ3) is 1.67. The van der Waals surface area contributed by atoms with Gasteiger partial charge in [-0.15, -0.1) is 0 Å². The van der Waals surface area contributed by atoms with Crippen LogP contribution in [0.2, 0.25) is 0 Å². The van der Waals surface area contributed by atoms with Crippen molar-refractivity contribution in [2.75, 3.05) is 7.05 Å². The number of hydrogen-bond acceptors (Lipinski definition) is 2. The minimum atomic E-state index is -0.888. The molecule has 0 unspecified atom stereocenters. The monoisotopic (exact) mass is 218 g/mol. The molecule has 0 amide bonds. The van der Waals surface area contributed by atoms with Gasteiger partial charge in [0.2, 0.25) is 0 Å². The summed E-state index contributed by atoms with van der Waals surface area (Å²) in [6.07, 6.45) is 0. The molecule has 0 saturated carbocycles. The van der Waals surface area contributed by atoms with Crippen LogP contribution in [-0.2, 0) is 13.6 Å². The first kappa shape index (κ1) is 10.7. The normalized spacial score (nSPS) is 10.9. The zero-order valence-corrected chi connectivity index (χ0v) is 9.32. The summed E-state index contributed by atoms with van der Waals surface area (Å²) in [5.74, 6) is -0.888. The van der Waals surface area contributed by atoms with E-state index in [-0.39, 0.29) is 0 Å². The summed E-state index contributed by atoms with van der Waals surface area (Å²) in [6, 6.07) is 7.20. The number of aromatic carboxylic acids is 1. The van der Waals surface area contributed by atoms with E-state index in [1.165, 1.54) is 0 Å². The molecule has 0 atom stereocenters. The van der Waals surface area contributed by atoms with Crippen molar-refractivity contribution in [3.63, 3.8) is 0 Å². The molecule has 16 heavy (non-hydrogen) atoms. The van der Waals surface area contributed by atoms with Crippen molar-refractivity contribution in [3.8, 4) is 0 Å². The topological polar surface area (TPSA) is 54.3 Å². The van der Waals surface area contributed by atoms with Crippen LogP contribution in [0.5, 0.6) is 0 Å². The van der Waals surface area contributed by atoms with E-state index in [0.29, 0.717) is 5.56 Å². The lowest BCUT2D eigenvalue weighted by atomic mass is 10.1. The van der Waals surface area contributed by atoms with Gasteiger partial charge in [-0.2, -0.15) is 0 Å². The SMILES string of the molecule is CNCc1cc2cc(C(=O)O)ccc2n1C. The van der Waals surface area contributed by atoms with Gasteiger partial charge in [0.05, 0.1) is 5.56 Å². The maximum Gasteiger partial charge on any atom is 0.335 e. The van der Waals surface area contributed by atoms with Gasteiger partial charge in [0, 0.05) is 30.2 Å². The van der Waals surface area contributed by atoms with Crippen LogP contribution in [0.3, 0.4) is 0 Å². The lowest BCUT2D eigenvalue weighted by Crippen LogP contribution is -2.08. The zero-order chi connectivity index (χ0) is 11.7. The number of nitrogens with one attached hydrogen (secondary N) is 1. The molecule has 2 N–H and O–H groups in total. The summed E-state index contributed by atoms with van der Waals surface area (Å²) >= 11 is 0. The number of benzene rings is 1. The number of nitrogens with zero attached hydrogens (tertiary/aromatic N) is 1. The molecule has 0 aliphatic heterocycles. The van der Waals surface area contributed by atoms with E-state index >= 15 is 0 Å². The van der Waals surface area contributed by atoms with Crippen LogP contribution >= 0.6 is 0 Å². The molecule has 0 fully saturated rings. The Hall–Kier alpha value is -1.81. The first-order chi connectivity index (χ1) is 7.63. The largest absolute Gasteiger partial charge is 0.478 e. The Morgan fingerprint density at radius 2 is 2.19 bits per heavy atom.